The van der Waals surface area contributed by atoms with E-state index in [9.17, 15) is 9.36 Å². The Morgan fingerprint density at radius 2 is 1.90 bits per heavy atom. The summed E-state index contributed by atoms with van der Waals surface area (Å²) >= 11 is 0. The molecule has 0 aliphatic heterocycles. The van der Waals surface area contributed by atoms with E-state index in [-0.39, 0.29) is 6.16 Å². The van der Waals surface area contributed by atoms with Crippen LogP contribution in [-0.2, 0) is 14.1 Å². The van der Waals surface area contributed by atoms with Gasteiger partial charge in [0.25, 0.3) is 0 Å². The van der Waals surface area contributed by atoms with Crippen LogP contribution < -0.4 is 0 Å². The van der Waals surface area contributed by atoms with Gasteiger partial charge in [0.15, 0.2) is 0 Å². The molecule has 0 amide bonds. The fourth-order valence-corrected chi connectivity index (χ4v) is 2.38. The van der Waals surface area contributed by atoms with Gasteiger partial charge in [-0.3, -0.25) is 4.57 Å². The van der Waals surface area contributed by atoms with Crippen molar-refractivity contribution in [3.63, 3.8) is 0 Å². The number of carbonyl (C=O) groups excluding carboxylic acids is 1. The molecular formula is C14H19O5P. The highest BCUT2D eigenvalue weighted by molar-refractivity contribution is 7.51. The van der Waals surface area contributed by atoms with Crippen molar-refractivity contribution in [3.8, 4) is 0 Å². The van der Waals surface area contributed by atoms with Gasteiger partial charge < -0.3 is 14.5 Å². The van der Waals surface area contributed by atoms with Crippen molar-refractivity contribution < 1.29 is 23.9 Å². The van der Waals surface area contributed by atoms with Crippen molar-refractivity contribution >= 4 is 19.6 Å². The number of carbonyl (C=O) groups is 1. The SMILES string of the molecule is COC(=O)/C(=C/c1ccccc1)CCCCP(=O)(O)O. The minimum atomic E-state index is -3.96. The molecule has 20 heavy (non-hydrogen) atoms. The van der Waals surface area contributed by atoms with E-state index in [0.29, 0.717) is 24.8 Å². The Morgan fingerprint density at radius 1 is 1.25 bits per heavy atom. The van der Waals surface area contributed by atoms with E-state index < -0.39 is 13.6 Å². The summed E-state index contributed by atoms with van der Waals surface area (Å²) in [6.07, 6.45) is 2.91. The number of ether oxygens (including phenoxy) is 1. The van der Waals surface area contributed by atoms with E-state index in [2.05, 4.69) is 0 Å². The van der Waals surface area contributed by atoms with E-state index in [0.717, 1.165) is 5.56 Å². The molecule has 0 bridgehead atoms. The zero-order valence-corrected chi connectivity index (χ0v) is 12.3. The maximum atomic E-state index is 11.7. The minimum absolute atomic E-state index is 0.160. The summed E-state index contributed by atoms with van der Waals surface area (Å²) in [7, 11) is -2.64. The van der Waals surface area contributed by atoms with Crippen molar-refractivity contribution in [2.75, 3.05) is 13.3 Å². The molecular weight excluding hydrogens is 279 g/mol. The molecule has 1 aromatic rings. The summed E-state index contributed by atoms with van der Waals surface area (Å²) in [5.74, 6) is -0.412. The fourth-order valence-electron chi connectivity index (χ4n) is 1.75. The largest absolute Gasteiger partial charge is 0.466 e. The Balaban J connectivity index is 2.64. The highest BCUT2D eigenvalue weighted by Crippen LogP contribution is 2.35. The average molecular weight is 298 g/mol. The van der Waals surface area contributed by atoms with Gasteiger partial charge in [-0.2, -0.15) is 0 Å². The molecule has 0 radical (unpaired) electrons. The Hall–Kier alpha value is -1.42. The van der Waals surface area contributed by atoms with Gasteiger partial charge in [-0.05, 0) is 30.9 Å². The van der Waals surface area contributed by atoms with E-state index in [1.807, 2.05) is 30.3 Å². The summed E-state index contributed by atoms with van der Waals surface area (Å²) in [4.78, 5) is 29.2. The molecule has 6 heteroatoms. The smallest absolute Gasteiger partial charge is 0.333 e. The third kappa shape index (κ3) is 6.66. The van der Waals surface area contributed by atoms with Crippen molar-refractivity contribution in [2.24, 2.45) is 0 Å². The summed E-state index contributed by atoms with van der Waals surface area (Å²) in [5, 5.41) is 0. The van der Waals surface area contributed by atoms with Crippen LogP contribution in [-0.4, -0.2) is 29.0 Å². The number of benzene rings is 1. The highest BCUT2D eigenvalue weighted by Gasteiger charge is 2.14. The van der Waals surface area contributed by atoms with Crippen LogP contribution in [0.1, 0.15) is 24.8 Å². The molecule has 0 saturated heterocycles. The molecule has 0 atom stereocenters. The lowest BCUT2D eigenvalue weighted by molar-refractivity contribution is -0.136. The monoisotopic (exact) mass is 298 g/mol. The summed E-state index contributed by atoms with van der Waals surface area (Å²) in [6.45, 7) is 0. The first-order valence-electron chi connectivity index (χ1n) is 6.31. The van der Waals surface area contributed by atoms with E-state index in [1.165, 1.54) is 7.11 Å². The predicted octanol–water partition coefficient (Wildman–Crippen LogP) is 2.59. The van der Waals surface area contributed by atoms with Crippen LogP contribution in [0.25, 0.3) is 6.08 Å². The summed E-state index contributed by atoms with van der Waals surface area (Å²) in [6, 6.07) is 9.37. The molecule has 1 rings (SSSR count). The second kappa shape index (κ2) is 8.00. The highest BCUT2D eigenvalue weighted by atomic mass is 31.2. The van der Waals surface area contributed by atoms with Crippen LogP contribution in [0.15, 0.2) is 35.9 Å². The second-order valence-corrected chi connectivity index (χ2v) is 6.19. The number of hydrogen-bond donors (Lipinski definition) is 2. The molecule has 0 aliphatic rings. The summed E-state index contributed by atoms with van der Waals surface area (Å²) < 4.78 is 15.5. The van der Waals surface area contributed by atoms with Gasteiger partial charge in [-0.1, -0.05) is 30.3 Å². The fraction of sp³-hybridized carbons (Fsp3) is 0.357. The Kier molecular flexibility index (Phi) is 6.65. The zero-order chi connectivity index (χ0) is 15.0. The first-order valence-corrected chi connectivity index (χ1v) is 8.10. The Labute approximate surface area is 118 Å². The molecule has 0 heterocycles. The van der Waals surface area contributed by atoms with Gasteiger partial charge >= 0.3 is 13.6 Å². The van der Waals surface area contributed by atoms with Gasteiger partial charge in [0.2, 0.25) is 0 Å². The lowest BCUT2D eigenvalue weighted by Crippen LogP contribution is -2.05. The topological polar surface area (TPSA) is 83.8 Å². The number of unbranched alkanes of at least 4 members (excludes halogenated alkanes) is 1. The minimum Gasteiger partial charge on any atom is -0.466 e. The van der Waals surface area contributed by atoms with Crippen molar-refractivity contribution in [2.45, 2.75) is 19.3 Å². The van der Waals surface area contributed by atoms with Crippen LogP contribution in [0.3, 0.4) is 0 Å². The molecule has 0 saturated carbocycles. The molecule has 0 aliphatic carbocycles. The third-order valence-corrected chi connectivity index (χ3v) is 3.63. The molecule has 0 fully saturated rings. The van der Waals surface area contributed by atoms with Crippen LogP contribution in [0.2, 0.25) is 0 Å². The predicted molar refractivity (Wildman–Crippen MR) is 77.2 cm³/mol. The van der Waals surface area contributed by atoms with Crippen LogP contribution in [0.4, 0.5) is 0 Å². The molecule has 2 N–H and O–H groups in total. The Bertz CT molecular complexity index is 504. The van der Waals surface area contributed by atoms with Gasteiger partial charge in [0, 0.05) is 11.7 Å². The van der Waals surface area contributed by atoms with Gasteiger partial charge in [-0.15, -0.1) is 0 Å². The third-order valence-electron chi connectivity index (χ3n) is 2.73. The van der Waals surface area contributed by atoms with Crippen molar-refractivity contribution in [1.82, 2.24) is 0 Å². The van der Waals surface area contributed by atoms with Gasteiger partial charge in [-0.25, -0.2) is 4.79 Å². The quantitative estimate of drug-likeness (QED) is 0.350. The lowest BCUT2D eigenvalue weighted by atomic mass is 10.1. The lowest BCUT2D eigenvalue weighted by Gasteiger charge is -2.07. The number of hydrogen-bond acceptors (Lipinski definition) is 3. The number of esters is 1. The Morgan fingerprint density at radius 3 is 2.45 bits per heavy atom. The molecule has 110 valence electrons. The maximum absolute atomic E-state index is 11.7. The molecule has 5 nitrogen and oxygen atoms in total. The van der Waals surface area contributed by atoms with Crippen molar-refractivity contribution in [3.05, 3.63) is 41.5 Å². The van der Waals surface area contributed by atoms with E-state index in [4.69, 9.17) is 14.5 Å². The second-order valence-electron chi connectivity index (χ2n) is 4.42. The van der Waals surface area contributed by atoms with Crippen LogP contribution in [0, 0.1) is 0 Å². The average Bonchev–Trinajstić information content (AvgIpc) is 2.41. The first-order chi connectivity index (χ1) is 9.42. The number of rotatable bonds is 7. The standard InChI is InChI=1S/C14H19O5P/c1-19-14(15)13(9-5-6-10-20(16,17)18)11-12-7-3-2-4-8-12/h2-4,7-8,11H,5-6,9-10H2,1H3,(H2,16,17,18)/b13-11+. The number of methoxy groups -OCH3 is 1. The van der Waals surface area contributed by atoms with Gasteiger partial charge in [0.05, 0.1) is 7.11 Å². The van der Waals surface area contributed by atoms with Gasteiger partial charge in [0.1, 0.15) is 0 Å². The molecule has 0 unspecified atom stereocenters. The summed E-state index contributed by atoms with van der Waals surface area (Å²) in [5.41, 5.74) is 1.40. The van der Waals surface area contributed by atoms with Crippen LogP contribution >= 0.6 is 7.60 Å². The normalized spacial score (nSPS) is 12.2. The first kappa shape index (κ1) is 16.6. The zero-order valence-electron chi connectivity index (χ0n) is 11.4. The van der Waals surface area contributed by atoms with E-state index in [1.54, 1.807) is 6.08 Å². The molecule has 1 aromatic carbocycles. The maximum Gasteiger partial charge on any atom is 0.333 e. The molecule has 0 aromatic heterocycles. The van der Waals surface area contributed by atoms with Crippen molar-refractivity contribution in [1.29, 1.82) is 0 Å². The molecule has 0 spiro atoms. The van der Waals surface area contributed by atoms with Crippen LogP contribution in [0.5, 0.6) is 0 Å². The van der Waals surface area contributed by atoms with E-state index >= 15 is 0 Å².